The summed E-state index contributed by atoms with van der Waals surface area (Å²) in [7, 11) is 1.91. The van der Waals surface area contributed by atoms with Crippen molar-refractivity contribution in [1.29, 1.82) is 0 Å². The lowest BCUT2D eigenvalue weighted by Gasteiger charge is -2.23. The Bertz CT molecular complexity index is 210. The third kappa shape index (κ3) is 4.73. The number of halogens is 1. The van der Waals surface area contributed by atoms with Crippen LogP contribution < -0.4 is 0 Å². The molecule has 2 nitrogen and oxygen atoms in total. The van der Waals surface area contributed by atoms with Crippen LogP contribution in [0.1, 0.15) is 51.9 Å². The summed E-state index contributed by atoms with van der Waals surface area (Å²) in [5.41, 5.74) is 0. The number of carbonyl (C=O) groups excluding carboxylic acids is 1. The number of rotatable bonds is 4. The summed E-state index contributed by atoms with van der Waals surface area (Å²) in [6.45, 7) is 2.77. The second-order valence-electron chi connectivity index (χ2n) is 5.02. The second-order valence-corrected chi connectivity index (χ2v) is 5.76. The van der Waals surface area contributed by atoms with Crippen LogP contribution in [0.2, 0.25) is 0 Å². The third-order valence-electron chi connectivity index (χ3n) is 3.44. The highest BCUT2D eigenvalue weighted by Gasteiger charge is 2.22. The van der Waals surface area contributed by atoms with Gasteiger partial charge in [0.05, 0.1) is 0 Å². The first kappa shape index (κ1) is 13.8. The van der Waals surface area contributed by atoms with Gasteiger partial charge in [0, 0.05) is 24.9 Å². The van der Waals surface area contributed by atoms with Crippen LogP contribution >= 0.6 is 11.6 Å². The summed E-state index contributed by atoms with van der Waals surface area (Å²) < 4.78 is 0. The zero-order chi connectivity index (χ0) is 12.0. The summed E-state index contributed by atoms with van der Waals surface area (Å²) in [6.07, 6.45) is 8.08. The normalized spacial score (nSPS) is 20.2. The maximum atomic E-state index is 12.1. The molecule has 94 valence electrons. The number of carbonyl (C=O) groups is 1. The Morgan fingerprint density at radius 2 is 1.88 bits per heavy atom. The standard InChI is InChI=1S/C13H24ClNO/c1-11(14)9-10-15(2)13(16)12-7-5-3-4-6-8-12/h11-12H,3-10H2,1-2H3. The van der Waals surface area contributed by atoms with Crippen LogP contribution in [-0.2, 0) is 4.79 Å². The Labute approximate surface area is 104 Å². The summed E-state index contributed by atoms with van der Waals surface area (Å²) in [5, 5.41) is 0.157. The molecule has 0 radical (unpaired) electrons. The minimum atomic E-state index is 0.157. The summed E-state index contributed by atoms with van der Waals surface area (Å²) in [4.78, 5) is 14.0. The van der Waals surface area contributed by atoms with E-state index in [1.807, 2.05) is 18.9 Å². The van der Waals surface area contributed by atoms with Crippen LogP contribution in [0.25, 0.3) is 0 Å². The molecule has 0 aromatic rings. The molecule has 3 heteroatoms. The first-order valence-electron chi connectivity index (χ1n) is 6.50. The predicted molar refractivity (Wildman–Crippen MR) is 68.8 cm³/mol. The molecule has 1 atom stereocenters. The average Bonchev–Trinajstić information content (AvgIpc) is 2.53. The van der Waals surface area contributed by atoms with Gasteiger partial charge in [-0.3, -0.25) is 4.79 Å². The molecule has 1 unspecified atom stereocenters. The predicted octanol–water partition coefficient (Wildman–Crippen LogP) is 3.43. The maximum Gasteiger partial charge on any atom is 0.225 e. The van der Waals surface area contributed by atoms with Gasteiger partial charge in [-0.2, -0.15) is 0 Å². The van der Waals surface area contributed by atoms with E-state index in [-0.39, 0.29) is 11.3 Å². The fraction of sp³-hybridized carbons (Fsp3) is 0.923. The SMILES string of the molecule is CC(Cl)CCN(C)C(=O)C1CCCCCC1. The number of alkyl halides is 1. The highest BCUT2D eigenvalue weighted by atomic mass is 35.5. The van der Waals surface area contributed by atoms with Crippen molar-refractivity contribution >= 4 is 17.5 Å². The summed E-state index contributed by atoms with van der Waals surface area (Å²) >= 11 is 5.90. The fourth-order valence-electron chi connectivity index (χ4n) is 2.32. The van der Waals surface area contributed by atoms with Gasteiger partial charge in [0.15, 0.2) is 0 Å². The summed E-state index contributed by atoms with van der Waals surface area (Å²) in [6, 6.07) is 0. The van der Waals surface area contributed by atoms with E-state index in [1.54, 1.807) is 0 Å². The molecule has 0 heterocycles. The molecule has 0 aromatic heterocycles. The molecule has 1 rings (SSSR count). The quantitative estimate of drug-likeness (QED) is 0.549. The number of hydrogen-bond donors (Lipinski definition) is 0. The van der Waals surface area contributed by atoms with Crippen LogP contribution in [-0.4, -0.2) is 29.8 Å². The fourth-order valence-corrected chi connectivity index (χ4v) is 2.42. The molecular weight excluding hydrogens is 222 g/mol. The molecule has 1 fully saturated rings. The van der Waals surface area contributed by atoms with Gasteiger partial charge in [-0.15, -0.1) is 11.6 Å². The number of nitrogens with zero attached hydrogens (tertiary/aromatic N) is 1. The van der Waals surface area contributed by atoms with E-state index in [2.05, 4.69) is 0 Å². The molecule has 1 amide bonds. The van der Waals surface area contributed by atoms with Crippen LogP contribution in [0.3, 0.4) is 0 Å². The molecule has 0 spiro atoms. The van der Waals surface area contributed by atoms with Gasteiger partial charge in [0.2, 0.25) is 5.91 Å². The van der Waals surface area contributed by atoms with Gasteiger partial charge in [0.1, 0.15) is 0 Å². The smallest absolute Gasteiger partial charge is 0.225 e. The number of amides is 1. The van der Waals surface area contributed by atoms with Gasteiger partial charge in [-0.05, 0) is 26.2 Å². The van der Waals surface area contributed by atoms with Crippen molar-refractivity contribution in [2.24, 2.45) is 5.92 Å². The molecule has 16 heavy (non-hydrogen) atoms. The van der Waals surface area contributed by atoms with Crippen molar-refractivity contribution in [2.45, 2.75) is 57.2 Å². The lowest BCUT2D eigenvalue weighted by Crippen LogP contribution is -2.34. The van der Waals surface area contributed by atoms with Crippen molar-refractivity contribution in [2.75, 3.05) is 13.6 Å². The van der Waals surface area contributed by atoms with Crippen molar-refractivity contribution in [1.82, 2.24) is 4.90 Å². The van der Waals surface area contributed by atoms with Crippen molar-refractivity contribution in [3.05, 3.63) is 0 Å². The topological polar surface area (TPSA) is 20.3 Å². The maximum absolute atomic E-state index is 12.1. The molecule has 0 bridgehead atoms. The van der Waals surface area contributed by atoms with Gasteiger partial charge < -0.3 is 4.90 Å². The van der Waals surface area contributed by atoms with E-state index in [4.69, 9.17) is 11.6 Å². The second kappa shape index (κ2) is 7.16. The van der Waals surface area contributed by atoms with Gasteiger partial charge >= 0.3 is 0 Å². The van der Waals surface area contributed by atoms with Crippen molar-refractivity contribution in [3.63, 3.8) is 0 Å². The minimum Gasteiger partial charge on any atom is -0.345 e. The number of hydrogen-bond acceptors (Lipinski definition) is 1. The Morgan fingerprint density at radius 1 is 1.31 bits per heavy atom. The van der Waals surface area contributed by atoms with Gasteiger partial charge in [0.25, 0.3) is 0 Å². The van der Waals surface area contributed by atoms with Crippen molar-refractivity contribution < 1.29 is 4.79 Å². The highest BCUT2D eigenvalue weighted by Crippen LogP contribution is 2.24. The highest BCUT2D eigenvalue weighted by molar-refractivity contribution is 6.20. The molecule has 1 aliphatic carbocycles. The van der Waals surface area contributed by atoms with E-state index in [0.717, 1.165) is 25.8 Å². The van der Waals surface area contributed by atoms with E-state index >= 15 is 0 Å². The van der Waals surface area contributed by atoms with E-state index in [1.165, 1.54) is 25.7 Å². The molecule has 0 saturated heterocycles. The first-order chi connectivity index (χ1) is 7.61. The van der Waals surface area contributed by atoms with E-state index in [0.29, 0.717) is 5.91 Å². The lowest BCUT2D eigenvalue weighted by atomic mass is 9.99. The molecule has 1 saturated carbocycles. The Kier molecular flexibility index (Phi) is 6.18. The molecule has 0 aromatic carbocycles. The monoisotopic (exact) mass is 245 g/mol. The Morgan fingerprint density at radius 3 is 2.38 bits per heavy atom. The zero-order valence-corrected chi connectivity index (χ0v) is 11.3. The van der Waals surface area contributed by atoms with Crippen molar-refractivity contribution in [3.8, 4) is 0 Å². The molecule has 0 aliphatic heterocycles. The zero-order valence-electron chi connectivity index (χ0n) is 10.5. The molecule has 1 aliphatic rings. The lowest BCUT2D eigenvalue weighted by molar-refractivity contribution is -0.134. The minimum absolute atomic E-state index is 0.157. The molecular formula is C13H24ClNO. The Balaban J connectivity index is 2.35. The van der Waals surface area contributed by atoms with Crippen LogP contribution in [0.5, 0.6) is 0 Å². The largest absolute Gasteiger partial charge is 0.345 e. The van der Waals surface area contributed by atoms with Crippen LogP contribution in [0, 0.1) is 5.92 Å². The first-order valence-corrected chi connectivity index (χ1v) is 6.94. The molecule has 0 N–H and O–H groups in total. The van der Waals surface area contributed by atoms with Gasteiger partial charge in [-0.25, -0.2) is 0 Å². The summed E-state index contributed by atoms with van der Waals surface area (Å²) in [5.74, 6) is 0.609. The average molecular weight is 246 g/mol. The van der Waals surface area contributed by atoms with E-state index in [9.17, 15) is 4.79 Å². The van der Waals surface area contributed by atoms with Crippen LogP contribution in [0.4, 0.5) is 0 Å². The van der Waals surface area contributed by atoms with Gasteiger partial charge in [-0.1, -0.05) is 25.7 Å². The Hall–Kier alpha value is -0.240. The van der Waals surface area contributed by atoms with E-state index < -0.39 is 0 Å². The third-order valence-corrected chi connectivity index (χ3v) is 3.66. The van der Waals surface area contributed by atoms with Crippen LogP contribution in [0.15, 0.2) is 0 Å².